The molecule has 28 heavy (non-hydrogen) atoms. The molecule has 0 spiro atoms. The smallest absolute Gasteiger partial charge is 0.283 e. The van der Waals surface area contributed by atoms with E-state index >= 15 is 0 Å². The maximum atomic E-state index is 12.1. The van der Waals surface area contributed by atoms with Crippen LogP contribution in [-0.4, -0.2) is 42.5 Å². The summed E-state index contributed by atoms with van der Waals surface area (Å²) in [5, 5.41) is 2.93. The van der Waals surface area contributed by atoms with Gasteiger partial charge in [0.25, 0.3) is 5.24 Å². The van der Waals surface area contributed by atoms with Gasteiger partial charge in [-0.25, -0.2) is 0 Å². The molecule has 5 nitrogen and oxygen atoms in total. The lowest BCUT2D eigenvalue weighted by Gasteiger charge is -2.25. The van der Waals surface area contributed by atoms with Gasteiger partial charge in [-0.05, 0) is 37.5 Å². The Hall–Kier alpha value is -1.15. The Balaban J connectivity index is 2.60. The Kier molecular flexibility index (Phi) is 14.0. The van der Waals surface area contributed by atoms with Gasteiger partial charge in [-0.2, -0.15) is 0 Å². The first-order valence-corrected chi connectivity index (χ1v) is 11.5. The normalized spacial score (nSPS) is 10.7. The highest BCUT2D eigenvalue weighted by molar-refractivity contribution is 8.13. The number of hydrogen-bond donors (Lipinski definition) is 1. The summed E-state index contributed by atoms with van der Waals surface area (Å²) < 4.78 is 11.0. The van der Waals surface area contributed by atoms with Crippen LogP contribution in [0, 0.1) is 0 Å². The van der Waals surface area contributed by atoms with Crippen molar-refractivity contribution in [3.8, 4) is 0 Å². The van der Waals surface area contributed by atoms with Crippen molar-refractivity contribution in [2.24, 2.45) is 0 Å². The van der Waals surface area contributed by atoms with E-state index in [9.17, 15) is 4.79 Å². The van der Waals surface area contributed by atoms with Crippen LogP contribution in [-0.2, 0) is 9.47 Å². The number of rotatable bonds is 14. The van der Waals surface area contributed by atoms with Gasteiger partial charge in [0, 0.05) is 30.3 Å². The third-order valence-electron chi connectivity index (χ3n) is 4.01. The molecule has 158 valence electrons. The number of anilines is 2. The number of benzene rings is 1. The van der Waals surface area contributed by atoms with Crippen LogP contribution in [0.5, 0.6) is 0 Å². The second-order valence-electron chi connectivity index (χ2n) is 6.35. The van der Waals surface area contributed by atoms with E-state index in [-0.39, 0.29) is 5.24 Å². The number of thiocarbonyl (C=S) groups is 1. The minimum absolute atomic E-state index is 0.0252. The van der Waals surface area contributed by atoms with E-state index in [4.69, 9.17) is 21.7 Å². The molecule has 0 heterocycles. The van der Waals surface area contributed by atoms with Gasteiger partial charge in [0.2, 0.25) is 0 Å². The SMILES string of the molecule is CCCCOCOCCN(C(=S)CC)c1cccc(NC(=O)SCCCC)c1. The van der Waals surface area contributed by atoms with Crippen molar-refractivity contribution in [3.05, 3.63) is 24.3 Å². The van der Waals surface area contributed by atoms with Crippen molar-refractivity contribution in [3.63, 3.8) is 0 Å². The zero-order valence-corrected chi connectivity index (χ0v) is 19.0. The molecule has 1 rings (SSSR count). The maximum absolute atomic E-state index is 12.1. The topological polar surface area (TPSA) is 50.8 Å². The highest BCUT2D eigenvalue weighted by Crippen LogP contribution is 2.22. The summed E-state index contributed by atoms with van der Waals surface area (Å²) in [6.45, 7) is 8.49. The number of nitrogens with zero attached hydrogens (tertiary/aromatic N) is 1. The predicted molar refractivity (Wildman–Crippen MR) is 125 cm³/mol. The Labute approximate surface area is 179 Å². The lowest BCUT2D eigenvalue weighted by molar-refractivity contribution is -0.0515. The second-order valence-corrected chi connectivity index (χ2v) is 7.89. The van der Waals surface area contributed by atoms with Crippen LogP contribution in [0.2, 0.25) is 0 Å². The molecular formula is C21H34N2O3S2. The van der Waals surface area contributed by atoms with E-state index in [0.29, 0.717) is 19.9 Å². The number of unbranched alkanes of at least 4 members (excludes halogenated alkanes) is 2. The fraction of sp³-hybridized carbons (Fsp3) is 0.619. The van der Waals surface area contributed by atoms with Gasteiger partial charge in [0.15, 0.2) is 0 Å². The van der Waals surface area contributed by atoms with Gasteiger partial charge in [0.05, 0.1) is 11.6 Å². The molecule has 0 aliphatic carbocycles. The monoisotopic (exact) mass is 426 g/mol. The van der Waals surface area contributed by atoms with Gasteiger partial charge in [0.1, 0.15) is 6.79 Å². The molecule has 1 aromatic carbocycles. The van der Waals surface area contributed by atoms with Crippen molar-refractivity contribution in [1.82, 2.24) is 0 Å². The van der Waals surface area contributed by atoms with Gasteiger partial charge in [-0.15, -0.1) is 0 Å². The summed E-state index contributed by atoms with van der Waals surface area (Å²) in [5.74, 6) is 0.839. The van der Waals surface area contributed by atoms with E-state index in [1.165, 1.54) is 11.8 Å². The lowest BCUT2D eigenvalue weighted by Crippen LogP contribution is -2.32. The van der Waals surface area contributed by atoms with Crippen LogP contribution in [0.4, 0.5) is 16.2 Å². The molecule has 0 bridgehead atoms. The zero-order valence-electron chi connectivity index (χ0n) is 17.4. The average molecular weight is 427 g/mol. The van der Waals surface area contributed by atoms with E-state index in [2.05, 4.69) is 24.1 Å². The van der Waals surface area contributed by atoms with Gasteiger partial charge in [-0.1, -0.05) is 63.7 Å². The molecule has 0 fully saturated rings. The first-order chi connectivity index (χ1) is 13.6. The van der Waals surface area contributed by atoms with Gasteiger partial charge in [-0.3, -0.25) is 4.79 Å². The second kappa shape index (κ2) is 15.7. The molecule has 0 radical (unpaired) electrons. The molecule has 0 aromatic heterocycles. The van der Waals surface area contributed by atoms with Crippen LogP contribution in [0.25, 0.3) is 0 Å². The van der Waals surface area contributed by atoms with E-state index in [1.807, 2.05) is 31.2 Å². The summed E-state index contributed by atoms with van der Waals surface area (Å²) in [4.78, 5) is 15.0. The maximum Gasteiger partial charge on any atom is 0.283 e. The lowest BCUT2D eigenvalue weighted by atomic mass is 10.2. The number of hydrogen-bond acceptors (Lipinski definition) is 5. The molecule has 1 N–H and O–H groups in total. The Morgan fingerprint density at radius 1 is 1.14 bits per heavy atom. The van der Waals surface area contributed by atoms with Crippen LogP contribution in [0.15, 0.2) is 24.3 Å². The fourth-order valence-electron chi connectivity index (χ4n) is 2.38. The molecule has 0 saturated heterocycles. The highest BCUT2D eigenvalue weighted by atomic mass is 32.2. The van der Waals surface area contributed by atoms with Crippen molar-refractivity contribution in [2.45, 2.75) is 52.9 Å². The Morgan fingerprint density at radius 3 is 2.61 bits per heavy atom. The highest BCUT2D eigenvalue weighted by Gasteiger charge is 2.12. The third kappa shape index (κ3) is 10.4. The molecular weight excluding hydrogens is 392 g/mol. The predicted octanol–water partition coefficient (Wildman–Crippen LogP) is 6.09. The number of nitrogens with one attached hydrogen (secondary N) is 1. The number of thioether (sulfide) groups is 1. The van der Waals surface area contributed by atoms with Crippen LogP contribution in [0.1, 0.15) is 52.9 Å². The van der Waals surface area contributed by atoms with Crippen molar-refractivity contribution >= 4 is 45.6 Å². The van der Waals surface area contributed by atoms with Crippen LogP contribution >= 0.6 is 24.0 Å². The molecule has 0 saturated carbocycles. The Morgan fingerprint density at radius 2 is 1.89 bits per heavy atom. The zero-order chi connectivity index (χ0) is 20.6. The van der Waals surface area contributed by atoms with Gasteiger partial charge < -0.3 is 19.7 Å². The number of carbonyl (C=O) groups is 1. The number of carbonyl (C=O) groups excluding carboxylic acids is 1. The van der Waals surface area contributed by atoms with Crippen LogP contribution < -0.4 is 10.2 Å². The molecule has 0 aliphatic heterocycles. The molecule has 0 atom stereocenters. The summed E-state index contributed by atoms with van der Waals surface area (Å²) in [6, 6.07) is 7.78. The Bertz CT molecular complexity index is 585. The standard InChI is InChI=1S/C21H34N2O3S2/c1-4-7-13-25-17-26-14-12-23(20(27)6-3)19-11-9-10-18(16-19)22-21(24)28-15-8-5-2/h9-11,16H,4-8,12-15,17H2,1-3H3,(H,22,24). The van der Waals surface area contributed by atoms with Crippen LogP contribution in [0.3, 0.4) is 0 Å². The number of amides is 1. The summed E-state index contributed by atoms with van der Waals surface area (Å²) in [6.07, 6.45) is 5.06. The minimum Gasteiger partial charge on any atom is -0.355 e. The van der Waals surface area contributed by atoms with Crippen molar-refractivity contribution < 1.29 is 14.3 Å². The summed E-state index contributed by atoms with van der Waals surface area (Å²) >= 11 is 6.87. The van der Waals surface area contributed by atoms with E-state index in [0.717, 1.165) is 60.8 Å². The summed E-state index contributed by atoms with van der Waals surface area (Å²) in [5.41, 5.74) is 1.73. The van der Waals surface area contributed by atoms with E-state index < -0.39 is 0 Å². The molecule has 1 amide bonds. The first-order valence-electron chi connectivity index (χ1n) is 10.1. The first kappa shape index (κ1) is 24.9. The molecule has 7 heteroatoms. The molecule has 0 aliphatic rings. The summed E-state index contributed by atoms with van der Waals surface area (Å²) in [7, 11) is 0. The van der Waals surface area contributed by atoms with Crippen molar-refractivity contribution in [1.29, 1.82) is 0 Å². The quantitative estimate of drug-likeness (QED) is 0.221. The number of ether oxygens (including phenoxy) is 2. The molecule has 0 unspecified atom stereocenters. The average Bonchev–Trinajstić information content (AvgIpc) is 2.70. The minimum atomic E-state index is -0.0252. The van der Waals surface area contributed by atoms with Crippen molar-refractivity contribution in [2.75, 3.05) is 42.5 Å². The van der Waals surface area contributed by atoms with E-state index in [1.54, 1.807) is 0 Å². The molecule has 1 aromatic rings. The van der Waals surface area contributed by atoms with Gasteiger partial charge >= 0.3 is 0 Å². The third-order valence-corrected chi connectivity index (χ3v) is 5.37. The fourth-order valence-corrected chi connectivity index (χ4v) is 3.39. The largest absolute Gasteiger partial charge is 0.355 e.